The molecule has 0 amide bonds. The zero-order chi connectivity index (χ0) is 23.9. The number of hydrogen-bond donors (Lipinski definition) is 2. The van der Waals surface area contributed by atoms with Crippen molar-refractivity contribution in [2.45, 2.75) is 45.0 Å². The van der Waals surface area contributed by atoms with Crippen molar-refractivity contribution in [2.75, 3.05) is 6.54 Å². The third-order valence-corrected chi connectivity index (χ3v) is 7.57. The first kappa shape index (κ1) is 22.6. The van der Waals surface area contributed by atoms with Gasteiger partial charge in [0.1, 0.15) is 35.1 Å². The highest BCUT2D eigenvalue weighted by Gasteiger charge is 2.44. The highest BCUT2D eigenvalue weighted by Crippen LogP contribution is 2.37. The maximum absolute atomic E-state index is 14.9. The summed E-state index contributed by atoms with van der Waals surface area (Å²) in [7, 11) is 0. The van der Waals surface area contributed by atoms with E-state index in [9.17, 15) is 13.9 Å². The second-order valence-electron chi connectivity index (χ2n) is 8.51. The van der Waals surface area contributed by atoms with Crippen molar-refractivity contribution in [3.63, 3.8) is 0 Å². The minimum atomic E-state index is -1.65. The summed E-state index contributed by atoms with van der Waals surface area (Å²) in [6, 6.07) is 2.79. The van der Waals surface area contributed by atoms with E-state index in [2.05, 4.69) is 25.0 Å². The van der Waals surface area contributed by atoms with Crippen molar-refractivity contribution in [3.05, 3.63) is 76.8 Å². The van der Waals surface area contributed by atoms with Gasteiger partial charge in [0, 0.05) is 48.3 Å². The Morgan fingerprint density at radius 3 is 2.91 bits per heavy atom. The van der Waals surface area contributed by atoms with E-state index in [1.54, 1.807) is 22.2 Å². The minimum absolute atomic E-state index is 0.0224. The number of benzene rings is 1. The molecule has 1 aliphatic heterocycles. The van der Waals surface area contributed by atoms with Crippen LogP contribution < -0.4 is 4.68 Å². The molecule has 0 saturated heterocycles. The number of hydrogen-bond acceptors (Lipinski definition) is 7. The van der Waals surface area contributed by atoms with Crippen LogP contribution >= 0.6 is 11.3 Å². The fraction of sp³-hybridized carbons (Fsp3) is 0.348. The Morgan fingerprint density at radius 2 is 2.18 bits per heavy atom. The number of halogens is 2. The third kappa shape index (κ3) is 4.10. The molecular formula is C23H24F2N7OS+. The van der Waals surface area contributed by atoms with Crippen LogP contribution in [0.1, 0.15) is 28.8 Å². The van der Waals surface area contributed by atoms with Crippen LogP contribution in [-0.4, -0.2) is 47.6 Å². The highest BCUT2D eigenvalue weighted by molar-refractivity contribution is 7.15. The van der Waals surface area contributed by atoms with Crippen molar-refractivity contribution in [3.8, 4) is 10.6 Å². The van der Waals surface area contributed by atoms with E-state index in [0.717, 1.165) is 32.9 Å². The molecule has 0 saturated carbocycles. The van der Waals surface area contributed by atoms with Crippen LogP contribution in [0.2, 0.25) is 0 Å². The number of fused-ring (bicyclic) bond motifs is 1. The summed E-state index contributed by atoms with van der Waals surface area (Å²) in [6.45, 7) is 5.01. The van der Waals surface area contributed by atoms with Gasteiger partial charge in [-0.2, -0.15) is 9.78 Å². The second-order valence-corrected chi connectivity index (χ2v) is 9.59. The Hall–Kier alpha value is -3.15. The number of H-pyrrole nitrogens is 1. The standard InChI is InChI=1S/C23H23F2N7OS/c1-14-17(8-26-11-28-14)22-30-20-5-6-31(9-21(20)34-22)15(2)23(33,10-32-13-27-12-29-32)18-4-3-16(24)7-19(18)25/h3-4,7-8,11-13,15,33H,5-6,9-10H2,1-2H3/p+1/t15-,23-/m1/s1. The molecule has 176 valence electrons. The van der Waals surface area contributed by atoms with Crippen molar-refractivity contribution < 1.29 is 18.6 Å². The van der Waals surface area contributed by atoms with Gasteiger partial charge in [0.15, 0.2) is 0 Å². The van der Waals surface area contributed by atoms with Crippen LogP contribution in [0.15, 0.2) is 43.4 Å². The van der Waals surface area contributed by atoms with Gasteiger partial charge < -0.3 is 5.11 Å². The molecule has 0 spiro atoms. The number of aromatic amines is 1. The van der Waals surface area contributed by atoms with Gasteiger partial charge in [-0.3, -0.25) is 4.90 Å². The Balaban J connectivity index is 1.47. The van der Waals surface area contributed by atoms with Crippen LogP contribution in [0.3, 0.4) is 0 Å². The summed E-state index contributed by atoms with van der Waals surface area (Å²) in [5, 5.41) is 15.7. The molecule has 4 aromatic rings. The van der Waals surface area contributed by atoms with Gasteiger partial charge in [0.25, 0.3) is 0 Å². The van der Waals surface area contributed by atoms with Gasteiger partial charge in [-0.25, -0.2) is 23.7 Å². The monoisotopic (exact) mass is 484 g/mol. The molecule has 0 aliphatic carbocycles. The second kappa shape index (κ2) is 8.90. The SMILES string of the molecule is Cc1ncncc1-c1nc2c(s1)CN([C@H](C)[C@](O)(C[n+]1cnc[nH]1)c1ccc(F)cc1F)CC2. The van der Waals surface area contributed by atoms with Gasteiger partial charge in [-0.15, -0.1) is 11.3 Å². The predicted octanol–water partition coefficient (Wildman–Crippen LogP) is 2.53. The topological polar surface area (TPSA) is 94.7 Å². The first-order valence-corrected chi connectivity index (χ1v) is 11.7. The average molecular weight is 485 g/mol. The summed E-state index contributed by atoms with van der Waals surface area (Å²) < 4.78 is 30.1. The van der Waals surface area contributed by atoms with Crippen molar-refractivity contribution in [2.24, 2.45) is 0 Å². The molecular weight excluding hydrogens is 460 g/mol. The number of rotatable bonds is 6. The number of nitrogens with one attached hydrogen (secondary N) is 1. The van der Waals surface area contributed by atoms with Crippen LogP contribution in [0.25, 0.3) is 10.6 Å². The predicted molar refractivity (Wildman–Crippen MR) is 120 cm³/mol. The van der Waals surface area contributed by atoms with Crippen molar-refractivity contribution >= 4 is 11.3 Å². The maximum Gasteiger partial charge on any atom is 0.306 e. The van der Waals surface area contributed by atoms with E-state index in [1.807, 2.05) is 13.8 Å². The van der Waals surface area contributed by atoms with E-state index < -0.39 is 23.3 Å². The van der Waals surface area contributed by atoms with E-state index in [0.29, 0.717) is 19.5 Å². The van der Waals surface area contributed by atoms with E-state index in [1.165, 1.54) is 31.1 Å². The molecule has 1 aliphatic rings. The molecule has 3 aromatic heterocycles. The van der Waals surface area contributed by atoms with Crippen molar-refractivity contribution in [1.82, 2.24) is 29.9 Å². The fourth-order valence-electron chi connectivity index (χ4n) is 4.45. The van der Waals surface area contributed by atoms with Crippen LogP contribution in [-0.2, 0) is 25.1 Å². The third-order valence-electron chi connectivity index (χ3n) is 6.45. The summed E-state index contributed by atoms with van der Waals surface area (Å²) in [5.74, 6) is -1.47. The normalized spacial score (nSPS) is 16.7. The van der Waals surface area contributed by atoms with E-state index in [-0.39, 0.29) is 12.1 Å². The Labute approximate surface area is 199 Å². The molecule has 34 heavy (non-hydrogen) atoms. The Bertz CT molecular complexity index is 1310. The molecule has 5 rings (SSSR count). The van der Waals surface area contributed by atoms with Gasteiger partial charge in [-0.05, 0) is 24.9 Å². The van der Waals surface area contributed by atoms with Crippen LogP contribution in [0, 0.1) is 18.6 Å². The first-order valence-electron chi connectivity index (χ1n) is 10.9. The summed E-state index contributed by atoms with van der Waals surface area (Å²) >= 11 is 1.58. The van der Waals surface area contributed by atoms with Crippen LogP contribution in [0.4, 0.5) is 8.78 Å². The molecule has 0 unspecified atom stereocenters. The quantitative estimate of drug-likeness (QED) is 0.409. The number of aromatic nitrogens is 6. The zero-order valence-corrected chi connectivity index (χ0v) is 19.6. The number of thiazole rings is 1. The molecule has 0 fully saturated rings. The number of aliphatic hydroxyl groups is 1. The average Bonchev–Trinajstić information content (AvgIpc) is 3.47. The van der Waals surface area contributed by atoms with Gasteiger partial charge in [-0.1, -0.05) is 6.07 Å². The lowest BCUT2D eigenvalue weighted by Crippen LogP contribution is -2.58. The molecule has 11 heteroatoms. The minimum Gasteiger partial charge on any atom is -0.379 e. The highest BCUT2D eigenvalue weighted by atomic mass is 32.1. The summed E-state index contributed by atoms with van der Waals surface area (Å²) in [4.78, 5) is 20.4. The van der Waals surface area contributed by atoms with E-state index >= 15 is 0 Å². The molecule has 1 aromatic carbocycles. The summed E-state index contributed by atoms with van der Waals surface area (Å²) in [5.41, 5.74) is 1.18. The largest absolute Gasteiger partial charge is 0.379 e. The Morgan fingerprint density at radius 1 is 1.32 bits per heavy atom. The molecule has 2 N–H and O–H groups in total. The van der Waals surface area contributed by atoms with Gasteiger partial charge in [0.2, 0.25) is 6.33 Å². The zero-order valence-electron chi connectivity index (χ0n) is 18.7. The van der Waals surface area contributed by atoms with Crippen molar-refractivity contribution in [1.29, 1.82) is 0 Å². The number of nitrogens with zero attached hydrogens (tertiary/aromatic N) is 6. The molecule has 0 bridgehead atoms. The number of aryl methyl sites for hydroxylation is 1. The van der Waals surface area contributed by atoms with Gasteiger partial charge in [0.05, 0.1) is 17.0 Å². The Kier molecular flexibility index (Phi) is 5.92. The lowest BCUT2D eigenvalue weighted by atomic mass is 9.85. The van der Waals surface area contributed by atoms with Gasteiger partial charge >= 0.3 is 6.33 Å². The van der Waals surface area contributed by atoms with Crippen LogP contribution in [0.5, 0.6) is 0 Å². The summed E-state index contributed by atoms with van der Waals surface area (Å²) in [6.07, 6.45) is 6.98. The molecule has 2 atom stereocenters. The first-order chi connectivity index (χ1) is 16.3. The maximum atomic E-state index is 14.9. The lowest BCUT2D eigenvalue weighted by Gasteiger charge is -2.41. The molecule has 0 radical (unpaired) electrons. The molecule has 4 heterocycles. The lowest BCUT2D eigenvalue weighted by molar-refractivity contribution is -0.765. The fourth-order valence-corrected chi connectivity index (χ4v) is 5.64. The van der Waals surface area contributed by atoms with E-state index in [4.69, 9.17) is 4.98 Å². The molecule has 8 nitrogen and oxygen atoms in total. The smallest absolute Gasteiger partial charge is 0.306 e.